The van der Waals surface area contributed by atoms with Crippen LogP contribution in [-0.2, 0) is 6.54 Å². The van der Waals surface area contributed by atoms with Gasteiger partial charge in [0, 0.05) is 26.3 Å². The predicted octanol–water partition coefficient (Wildman–Crippen LogP) is 2.20. The van der Waals surface area contributed by atoms with Gasteiger partial charge in [0.2, 0.25) is 0 Å². The van der Waals surface area contributed by atoms with Gasteiger partial charge in [-0.15, -0.1) is 0 Å². The summed E-state index contributed by atoms with van der Waals surface area (Å²) in [5, 5.41) is 11.2. The zero-order valence-electron chi connectivity index (χ0n) is 17.2. The first kappa shape index (κ1) is 20.2. The van der Waals surface area contributed by atoms with Crippen LogP contribution in [0.4, 0.5) is 0 Å². The third kappa shape index (κ3) is 5.48. The molecule has 1 aliphatic heterocycles. The first-order valence-electron chi connectivity index (χ1n) is 10.0. The average molecular weight is 385 g/mol. The fourth-order valence-corrected chi connectivity index (χ4v) is 3.65. The number of methoxy groups -OCH3 is 1. The van der Waals surface area contributed by atoms with Gasteiger partial charge < -0.3 is 15.4 Å². The lowest BCUT2D eigenvalue weighted by molar-refractivity contribution is 0.245. The summed E-state index contributed by atoms with van der Waals surface area (Å²) in [5.41, 5.74) is 2.45. The molecule has 1 saturated heterocycles. The van der Waals surface area contributed by atoms with Crippen molar-refractivity contribution in [2.24, 2.45) is 4.99 Å². The molecule has 0 aliphatic carbocycles. The highest BCUT2D eigenvalue weighted by Crippen LogP contribution is 2.27. The van der Waals surface area contributed by atoms with Crippen LogP contribution in [0.5, 0.6) is 5.75 Å². The van der Waals surface area contributed by atoms with Crippen LogP contribution in [0.3, 0.4) is 0 Å². The Balaban J connectivity index is 1.58. The lowest BCUT2D eigenvalue weighted by atomic mass is 10.1. The monoisotopic (exact) mass is 384 g/mol. The van der Waals surface area contributed by atoms with Gasteiger partial charge in [-0.25, -0.2) is 0 Å². The van der Waals surface area contributed by atoms with Crippen molar-refractivity contribution >= 4 is 5.96 Å². The molecular weight excluding hydrogens is 352 g/mol. The summed E-state index contributed by atoms with van der Waals surface area (Å²) in [6.07, 6.45) is 6.44. The molecule has 1 atom stereocenters. The van der Waals surface area contributed by atoms with E-state index in [2.05, 4.69) is 50.7 Å². The molecule has 0 bridgehead atoms. The number of nitrogens with one attached hydrogen (secondary N) is 2. The Morgan fingerprint density at radius 1 is 1.29 bits per heavy atom. The van der Waals surface area contributed by atoms with E-state index in [-0.39, 0.29) is 0 Å². The Hall–Kier alpha value is -2.54. The summed E-state index contributed by atoms with van der Waals surface area (Å²) < 4.78 is 7.37. The van der Waals surface area contributed by atoms with Crippen LogP contribution in [0.2, 0.25) is 0 Å². The fraction of sp³-hybridized carbons (Fsp3) is 0.524. The maximum Gasteiger partial charge on any atom is 0.191 e. The van der Waals surface area contributed by atoms with Crippen molar-refractivity contribution in [1.82, 2.24) is 25.3 Å². The quantitative estimate of drug-likeness (QED) is 0.540. The molecule has 152 valence electrons. The van der Waals surface area contributed by atoms with Gasteiger partial charge in [-0.2, -0.15) is 5.10 Å². The molecule has 2 N–H and O–H groups in total. The molecule has 2 aromatic rings. The Labute approximate surface area is 167 Å². The van der Waals surface area contributed by atoms with E-state index in [9.17, 15) is 0 Å². The molecule has 7 nitrogen and oxygen atoms in total. The number of benzene rings is 1. The van der Waals surface area contributed by atoms with Crippen molar-refractivity contribution < 1.29 is 4.74 Å². The second kappa shape index (κ2) is 10.1. The van der Waals surface area contributed by atoms with Crippen molar-refractivity contribution in [3.05, 3.63) is 47.8 Å². The van der Waals surface area contributed by atoms with Crippen LogP contribution in [0.25, 0.3) is 0 Å². The van der Waals surface area contributed by atoms with Crippen molar-refractivity contribution in [1.29, 1.82) is 0 Å². The summed E-state index contributed by atoms with van der Waals surface area (Å²) in [4.78, 5) is 6.92. The van der Waals surface area contributed by atoms with Crippen molar-refractivity contribution in [3.8, 4) is 5.75 Å². The molecule has 0 amide bonds. The summed E-state index contributed by atoms with van der Waals surface area (Å²) in [7, 11) is 3.53. The zero-order chi connectivity index (χ0) is 19.8. The maximum atomic E-state index is 5.43. The number of aromatic nitrogens is 2. The van der Waals surface area contributed by atoms with Crippen LogP contribution < -0.4 is 15.4 Å². The van der Waals surface area contributed by atoms with Gasteiger partial charge in [-0.1, -0.05) is 12.1 Å². The second-order valence-corrected chi connectivity index (χ2v) is 7.20. The fourth-order valence-electron chi connectivity index (χ4n) is 3.65. The van der Waals surface area contributed by atoms with Gasteiger partial charge >= 0.3 is 0 Å². The lowest BCUT2D eigenvalue weighted by Crippen LogP contribution is -2.43. The number of aryl methyl sites for hydroxylation is 1. The Bertz CT molecular complexity index is 766. The molecule has 1 aromatic heterocycles. The first-order chi connectivity index (χ1) is 13.7. The van der Waals surface area contributed by atoms with E-state index in [1.54, 1.807) is 7.11 Å². The minimum atomic E-state index is 0.296. The summed E-state index contributed by atoms with van der Waals surface area (Å²) in [5.74, 6) is 1.72. The topological polar surface area (TPSA) is 66.7 Å². The van der Waals surface area contributed by atoms with Crippen LogP contribution in [0.15, 0.2) is 41.7 Å². The maximum absolute atomic E-state index is 5.43. The van der Waals surface area contributed by atoms with E-state index < -0.39 is 0 Å². The van der Waals surface area contributed by atoms with E-state index >= 15 is 0 Å². The number of likely N-dealkylation sites (tertiary alicyclic amines) is 1. The number of guanidine groups is 1. The highest BCUT2D eigenvalue weighted by atomic mass is 16.5. The molecule has 1 aromatic carbocycles. The average Bonchev–Trinajstić information content (AvgIpc) is 3.39. The Kier molecular flexibility index (Phi) is 7.31. The van der Waals surface area contributed by atoms with E-state index in [1.807, 2.05) is 30.2 Å². The zero-order valence-corrected chi connectivity index (χ0v) is 17.2. The minimum Gasteiger partial charge on any atom is -0.497 e. The molecule has 3 rings (SSSR count). The van der Waals surface area contributed by atoms with E-state index in [0.29, 0.717) is 6.04 Å². The Morgan fingerprint density at radius 3 is 2.79 bits per heavy atom. The largest absolute Gasteiger partial charge is 0.497 e. The highest BCUT2D eigenvalue weighted by molar-refractivity contribution is 5.79. The van der Waals surface area contributed by atoms with E-state index in [0.717, 1.165) is 44.4 Å². The van der Waals surface area contributed by atoms with Gasteiger partial charge in [-0.3, -0.25) is 14.6 Å². The molecule has 0 radical (unpaired) electrons. The lowest BCUT2D eigenvalue weighted by Gasteiger charge is -2.29. The number of aliphatic imine (C=N–C) groups is 1. The number of hydrogen-bond acceptors (Lipinski definition) is 4. The summed E-state index contributed by atoms with van der Waals surface area (Å²) >= 11 is 0. The molecule has 7 heteroatoms. The highest BCUT2D eigenvalue weighted by Gasteiger charge is 2.24. The van der Waals surface area contributed by atoms with Crippen molar-refractivity contribution in [3.63, 3.8) is 0 Å². The SMILES string of the molecule is CN=C(NCCn1cc(C)cn1)NCC(c1cccc(OC)c1)N1CCCC1. The smallest absolute Gasteiger partial charge is 0.191 e. The first-order valence-corrected chi connectivity index (χ1v) is 10.0. The number of nitrogens with zero attached hydrogens (tertiary/aromatic N) is 4. The molecule has 0 spiro atoms. The summed E-state index contributed by atoms with van der Waals surface area (Å²) in [6.45, 7) is 6.69. The van der Waals surface area contributed by atoms with Gasteiger partial charge in [0.25, 0.3) is 0 Å². The molecule has 1 unspecified atom stereocenters. The molecule has 28 heavy (non-hydrogen) atoms. The second-order valence-electron chi connectivity index (χ2n) is 7.20. The van der Waals surface area contributed by atoms with Crippen LogP contribution >= 0.6 is 0 Å². The van der Waals surface area contributed by atoms with Gasteiger partial charge in [-0.05, 0) is 56.1 Å². The van der Waals surface area contributed by atoms with Gasteiger partial charge in [0.1, 0.15) is 5.75 Å². The number of ether oxygens (including phenoxy) is 1. The molecule has 0 saturated carbocycles. The normalized spacial score (nSPS) is 16.2. The van der Waals surface area contributed by atoms with Crippen LogP contribution in [0, 0.1) is 6.92 Å². The molecule has 2 heterocycles. The van der Waals surface area contributed by atoms with Crippen molar-refractivity contribution in [2.45, 2.75) is 32.4 Å². The van der Waals surface area contributed by atoms with Crippen LogP contribution in [0.1, 0.15) is 30.0 Å². The number of rotatable bonds is 8. The molecule has 1 aliphatic rings. The minimum absolute atomic E-state index is 0.296. The van der Waals surface area contributed by atoms with Gasteiger partial charge in [0.05, 0.1) is 25.9 Å². The number of hydrogen-bond donors (Lipinski definition) is 2. The van der Waals surface area contributed by atoms with Gasteiger partial charge in [0.15, 0.2) is 5.96 Å². The van der Waals surface area contributed by atoms with E-state index in [1.165, 1.54) is 24.0 Å². The van der Waals surface area contributed by atoms with Crippen molar-refractivity contribution in [2.75, 3.05) is 40.3 Å². The Morgan fingerprint density at radius 2 is 2.11 bits per heavy atom. The third-order valence-corrected chi connectivity index (χ3v) is 5.14. The van der Waals surface area contributed by atoms with Crippen LogP contribution in [-0.4, -0.2) is 61.0 Å². The third-order valence-electron chi connectivity index (χ3n) is 5.14. The standard InChI is InChI=1S/C21H32N6O/c1-17-14-25-27(16-17)12-9-23-21(22-2)24-15-20(26-10-4-5-11-26)18-7-6-8-19(13-18)28-3/h6-8,13-14,16,20H,4-5,9-12,15H2,1-3H3,(H2,22,23,24). The molecule has 1 fully saturated rings. The molecular formula is C21H32N6O. The summed E-state index contributed by atoms with van der Waals surface area (Å²) in [6, 6.07) is 8.68. The van der Waals surface area contributed by atoms with E-state index in [4.69, 9.17) is 4.74 Å². The predicted molar refractivity (Wildman–Crippen MR) is 113 cm³/mol.